The summed E-state index contributed by atoms with van der Waals surface area (Å²) in [5, 5.41) is 11.3. The van der Waals surface area contributed by atoms with Crippen molar-refractivity contribution in [1.82, 2.24) is 20.1 Å². The number of nitrogens with zero attached hydrogens (tertiary/aromatic N) is 5. The molecule has 1 aromatic carbocycles. The molecule has 2 heterocycles. The second kappa shape index (κ2) is 7.99. The summed E-state index contributed by atoms with van der Waals surface area (Å²) < 4.78 is 5.05. The van der Waals surface area contributed by atoms with Gasteiger partial charge in [0.2, 0.25) is 5.95 Å². The summed E-state index contributed by atoms with van der Waals surface area (Å²) in [5.41, 5.74) is 3.37. The van der Waals surface area contributed by atoms with Gasteiger partial charge in [-0.25, -0.2) is 4.79 Å². The molecule has 2 aromatic rings. The molecule has 1 aromatic heterocycles. The van der Waals surface area contributed by atoms with Crippen LogP contribution in [0.4, 0.5) is 22.2 Å². The summed E-state index contributed by atoms with van der Waals surface area (Å²) >= 11 is 0. The van der Waals surface area contributed by atoms with E-state index in [1.54, 1.807) is 11.1 Å². The summed E-state index contributed by atoms with van der Waals surface area (Å²) in [4.78, 5) is 20.1. The van der Waals surface area contributed by atoms with Gasteiger partial charge in [-0.15, -0.1) is 5.10 Å². The molecule has 0 bridgehead atoms. The number of carbonyl (C=O) groups excluding carboxylic acids is 1. The van der Waals surface area contributed by atoms with Crippen LogP contribution in [-0.4, -0.2) is 59.0 Å². The van der Waals surface area contributed by atoms with Crippen LogP contribution in [0.2, 0.25) is 0 Å². The lowest BCUT2D eigenvalue weighted by Crippen LogP contribution is -2.49. The number of benzene rings is 1. The lowest BCUT2D eigenvalue weighted by Gasteiger charge is -2.34. The number of hydrogen-bond donors (Lipinski definition) is 1. The highest BCUT2D eigenvalue weighted by molar-refractivity contribution is 5.68. The average molecular weight is 356 g/mol. The Morgan fingerprint density at radius 2 is 1.96 bits per heavy atom. The summed E-state index contributed by atoms with van der Waals surface area (Å²) in [5.74, 6) is 1.20. The number of anilines is 3. The van der Waals surface area contributed by atoms with E-state index in [0.29, 0.717) is 38.7 Å². The van der Waals surface area contributed by atoms with Crippen molar-refractivity contribution >= 4 is 23.5 Å². The van der Waals surface area contributed by atoms with Gasteiger partial charge in [0, 0.05) is 31.9 Å². The Hall–Kier alpha value is -2.90. The van der Waals surface area contributed by atoms with Crippen molar-refractivity contribution in [2.75, 3.05) is 43.0 Å². The number of aryl methyl sites for hydroxylation is 2. The molecule has 8 heteroatoms. The maximum absolute atomic E-state index is 11.8. The van der Waals surface area contributed by atoms with Crippen LogP contribution in [0.3, 0.4) is 0 Å². The van der Waals surface area contributed by atoms with Gasteiger partial charge in [-0.2, -0.15) is 10.1 Å². The largest absolute Gasteiger partial charge is 0.450 e. The van der Waals surface area contributed by atoms with Crippen LogP contribution in [0.15, 0.2) is 24.4 Å². The highest BCUT2D eigenvalue weighted by Gasteiger charge is 2.23. The van der Waals surface area contributed by atoms with Crippen LogP contribution in [0.25, 0.3) is 0 Å². The molecule has 0 saturated carbocycles. The fourth-order valence-corrected chi connectivity index (χ4v) is 2.78. The maximum atomic E-state index is 11.8. The molecule has 0 unspecified atom stereocenters. The SMILES string of the molecule is CCOC(=O)N1CCN(c2cnnc(Nc3ccc(C)c(C)c3)n2)CC1. The van der Waals surface area contributed by atoms with E-state index < -0.39 is 0 Å². The van der Waals surface area contributed by atoms with Gasteiger partial charge in [0.25, 0.3) is 0 Å². The van der Waals surface area contributed by atoms with E-state index in [-0.39, 0.29) is 6.09 Å². The third-order valence-electron chi connectivity index (χ3n) is 4.44. The zero-order chi connectivity index (χ0) is 18.5. The standard InChI is InChI=1S/C18H24N6O2/c1-4-26-18(25)24-9-7-23(8-10-24)16-12-19-22-17(21-16)20-15-6-5-13(2)14(3)11-15/h5-6,11-12H,4,7-10H2,1-3H3,(H,20,21,22). The Morgan fingerprint density at radius 1 is 1.19 bits per heavy atom. The van der Waals surface area contributed by atoms with Gasteiger partial charge in [-0.3, -0.25) is 0 Å². The van der Waals surface area contributed by atoms with Gasteiger partial charge in [-0.1, -0.05) is 6.07 Å². The first-order chi connectivity index (χ1) is 12.6. The number of carbonyl (C=O) groups is 1. The van der Waals surface area contributed by atoms with E-state index >= 15 is 0 Å². The number of nitrogens with one attached hydrogen (secondary N) is 1. The van der Waals surface area contributed by atoms with E-state index in [9.17, 15) is 4.79 Å². The molecular formula is C18H24N6O2. The highest BCUT2D eigenvalue weighted by atomic mass is 16.6. The van der Waals surface area contributed by atoms with Gasteiger partial charge < -0.3 is 19.9 Å². The number of rotatable bonds is 4. The Kier molecular flexibility index (Phi) is 5.50. The maximum Gasteiger partial charge on any atom is 0.409 e. The van der Waals surface area contributed by atoms with Crippen molar-refractivity contribution in [2.45, 2.75) is 20.8 Å². The Labute approximate surface area is 153 Å². The first-order valence-corrected chi connectivity index (χ1v) is 8.77. The molecule has 0 spiro atoms. The van der Waals surface area contributed by atoms with Crippen LogP contribution in [0, 0.1) is 13.8 Å². The Morgan fingerprint density at radius 3 is 2.65 bits per heavy atom. The predicted molar refractivity (Wildman–Crippen MR) is 99.8 cm³/mol. The van der Waals surface area contributed by atoms with E-state index in [0.717, 1.165) is 11.5 Å². The van der Waals surface area contributed by atoms with Crippen LogP contribution >= 0.6 is 0 Å². The fourth-order valence-electron chi connectivity index (χ4n) is 2.78. The molecule has 8 nitrogen and oxygen atoms in total. The summed E-state index contributed by atoms with van der Waals surface area (Å²) in [6.45, 7) is 8.91. The molecule has 0 aliphatic carbocycles. The van der Waals surface area contributed by atoms with Gasteiger partial charge >= 0.3 is 6.09 Å². The van der Waals surface area contributed by atoms with Crippen molar-refractivity contribution < 1.29 is 9.53 Å². The van der Waals surface area contributed by atoms with E-state index in [4.69, 9.17) is 4.74 Å². The van der Waals surface area contributed by atoms with Gasteiger partial charge in [0.1, 0.15) is 0 Å². The Balaban J connectivity index is 1.64. The van der Waals surface area contributed by atoms with Crippen LogP contribution in [-0.2, 0) is 4.74 Å². The lowest BCUT2D eigenvalue weighted by molar-refractivity contribution is 0.105. The minimum Gasteiger partial charge on any atom is -0.450 e. The molecule has 1 amide bonds. The monoisotopic (exact) mass is 356 g/mol. The third-order valence-corrected chi connectivity index (χ3v) is 4.44. The molecule has 138 valence electrons. The number of hydrogen-bond acceptors (Lipinski definition) is 7. The smallest absolute Gasteiger partial charge is 0.409 e. The van der Waals surface area contributed by atoms with Crippen molar-refractivity contribution in [2.24, 2.45) is 0 Å². The molecule has 1 N–H and O–H groups in total. The number of piperazine rings is 1. The highest BCUT2D eigenvalue weighted by Crippen LogP contribution is 2.19. The first-order valence-electron chi connectivity index (χ1n) is 8.77. The van der Waals surface area contributed by atoms with Gasteiger partial charge in [-0.05, 0) is 44.0 Å². The third kappa shape index (κ3) is 4.19. The van der Waals surface area contributed by atoms with Crippen molar-refractivity contribution in [1.29, 1.82) is 0 Å². The molecule has 0 atom stereocenters. The zero-order valence-corrected chi connectivity index (χ0v) is 15.4. The van der Waals surface area contributed by atoms with Crippen molar-refractivity contribution in [3.05, 3.63) is 35.5 Å². The van der Waals surface area contributed by atoms with Crippen LogP contribution in [0.5, 0.6) is 0 Å². The summed E-state index contributed by atoms with van der Waals surface area (Å²) in [6.07, 6.45) is 1.39. The molecular weight excluding hydrogens is 332 g/mol. The quantitative estimate of drug-likeness (QED) is 0.901. The van der Waals surface area contributed by atoms with Gasteiger partial charge in [0.05, 0.1) is 12.8 Å². The average Bonchev–Trinajstić information content (AvgIpc) is 2.65. The molecule has 1 aliphatic rings. The predicted octanol–water partition coefficient (Wildman–Crippen LogP) is 2.51. The molecule has 0 radical (unpaired) electrons. The van der Waals surface area contributed by atoms with E-state index in [2.05, 4.69) is 51.4 Å². The summed E-state index contributed by atoms with van der Waals surface area (Å²) in [7, 11) is 0. The van der Waals surface area contributed by atoms with E-state index in [1.807, 2.05) is 13.0 Å². The first kappa shape index (κ1) is 17.9. The van der Waals surface area contributed by atoms with E-state index in [1.165, 1.54) is 11.1 Å². The van der Waals surface area contributed by atoms with Crippen LogP contribution in [0.1, 0.15) is 18.1 Å². The number of ether oxygens (including phenoxy) is 1. The topological polar surface area (TPSA) is 83.5 Å². The second-order valence-corrected chi connectivity index (χ2v) is 6.24. The lowest BCUT2D eigenvalue weighted by atomic mass is 10.1. The summed E-state index contributed by atoms with van der Waals surface area (Å²) in [6, 6.07) is 6.11. The van der Waals surface area contributed by atoms with Gasteiger partial charge in [0.15, 0.2) is 5.82 Å². The fraction of sp³-hybridized carbons (Fsp3) is 0.444. The van der Waals surface area contributed by atoms with Crippen molar-refractivity contribution in [3.63, 3.8) is 0 Å². The number of amides is 1. The molecule has 1 saturated heterocycles. The van der Waals surface area contributed by atoms with Crippen LogP contribution < -0.4 is 10.2 Å². The normalized spacial score (nSPS) is 14.3. The molecule has 3 rings (SSSR count). The minimum absolute atomic E-state index is 0.259. The molecule has 26 heavy (non-hydrogen) atoms. The number of aromatic nitrogens is 3. The molecule has 1 fully saturated rings. The minimum atomic E-state index is -0.259. The second-order valence-electron chi connectivity index (χ2n) is 6.24. The zero-order valence-electron chi connectivity index (χ0n) is 15.4. The molecule has 1 aliphatic heterocycles. The van der Waals surface area contributed by atoms with Crippen molar-refractivity contribution in [3.8, 4) is 0 Å². The Bertz CT molecular complexity index is 774.